The lowest BCUT2D eigenvalue weighted by Gasteiger charge is -2.15. The van der Waals surface area contributed by atoms with Crippen LogP contribution in [-0.4, -0.2) is 44.2 Å². The highest BCUT2D eigenvalue weighted by atomic mass is 32.2. The second-order valence-corrected chi connectivity index (χ2v) is 19.9. The van der Waals surface area contributed by atoms with E-state index < -0.39 is 28.3 Å². The molecule has 19 heteroatoms. The highest BCUT2D eigenvalue weighted by Crippen LogP contribution is 2.30. The molecule has 1 aromatic heterocycles. The number of ether oxygens (including phenoxy) is 3. The summed E-state index contributed by atoms with van der Waals surface area (Å²) in [6.07, 6.45) is 14.2. The molecule has 5 rings (SSSR count). The van der Waals surface area contributed by atoms with E-state index in [0.717, 1.165) is 28.9 Å². The summed E-state index contributed by atoms with van der Waals surface area (Å²) in [6.45, 7) is 11.3. The lowest BCUT2D eigenvalue weighted by Crippen LogP contribution is -2.40. The number of hydrazine groups is 2. The molecule has 0 fully saturated rings. The fourth-order valence-corrected chi connectivity index (χ4v) is 8.48. The molecule has 4 aromatic carbocycles. The number of hydrogen-bond donors (Lipinski definition) is 5. The topological polar surface area (TPSA) is 212 Å². The van der Waals surface area contributed by atoms with Gasteiger partial charge in [0.1, 0.15) is 29.4 Å². The van der Waals surface area contributed by atoms with Crippen molar-refractivity contribution in [2.24, 2.45) is 5.92 Å². The van der Waals surface area contributed by atoms with Crippen LogP contribution in [0.15, 0.2) is 78.9 Å². The molecule has 0 aliphatic heterocycles. The first kappa shape index (κ1) is 59.9. The molecule has 0 spiro atoms. The Bertz CT molecular complexity index is 2710. The van der Waals surface area contributed by atoms with Crippen molar-refractivity contribution >= 4 is 38.7 Å². The molecule has 0 saturated heterocycles. The number of carbonyl (C=O) groups excluding carboxylic acids is 1. The Hall–Kier alpha value is -6.67. The van der Waals surface area contributed by atoms with Crippen LogP contribution in [0.1, 0.15) is 151 Å². The van der Waals surface area contributed by atoms with Crippen LogP contribution in [0.5, 0.6) is 17.2 Å². The van der Waals surface area contributed by atoms with Crippen molar-refractivity contribution in [2.45, 2.75) is 144 Å². The first-order valence-corrected chi connectivity index (χ1v) is 27.0. The number of halogens is 3. The normalized spacial score (nSPS) is 11.3. The van der Waals surface area contributed by atoms with Crippen molar-refractivity contribution in [3.8, 4) is 29.4 Å². The van der Waals surface area contributed by atoms with Crippen LogP contribution < -0.4 is 40.0 Å². The lowest BCUT2D eigenvalue weighted by atomic mass is 9.97. The summed E-state index contributed by atoms with van der Waals surface area (Å²) < 4.78 is 82.6. The number of rotatable bonds is 30. The van der Waals surface area contributed by atoms with Gasteiger partial charge in [0.15, 0.2) is 5.82 Å². The molecular formula is C55H72F3N9O6S. The highest BCUT2D eigenvalue weighted by molar-refractivity contribution is 7.87. The zero-order valence-corrected chi connectivity index (χ0v) is 44.1. The Morgan fingerprint density at radius 1 is 0.716 bits per heavy atom. The van der Waals surface area contributed by atoms with Crippen molar-refractivity contribution in [3.05, 3.63) is 113 Å². The average Bonchev–Trinajstić information content (AvgIpc) is 3.36. The molecule has 0 bridgehead atoms. The minimum absolute atomic E-state index is 0.0213. The SMILES string of the molecule is CCCCCCCCCCCCCCCCOc1ccc(OC(=O)NNc2cc(C#N)c(C#N)cc2CC(C)C)cc1.Cc1ccc(OCCCNS(=O)(=O)NNc2nc(C(F)(F)F)nc3ccccc23)c(C)c1. The first-order valence-electron chi connectivity index (χ1n) is 25.5. The first-order chi connectivity index (χ1) is 35.5. The van der Waals surface area contributed by atoms with Crippen LogP contribution in [-0.2, 0) is 22.8 Å². The van der Waals surface area contributed by atoms with E-state index >= 15 is 0 Å². The monoisotopic (exact) mass is 1040 g/mol. The maximum atomic E-state index is 13.1. The molecule has 400 valence electrons. The van der Waals surface area contributed by atoms with Crippen molar-refractivity contribution in [1.82, 2.24) is 24.9 Å². The maximum absolute atomic E-state index is 13.1. The quantitative estimate of drug-likeness (QED) is 0.0215. The number of nitrogens with one attached hydrogen (secondary N) is 5. The predicted molar refractivity (Wildman–Crippen MR) is 284 cm³/mol. The molecule has 1 amide bonds. The van der Waals surface area contributed by atoms with Gasteiger partial charge in [0.05, 0.1) is 35.5 Å². The summed E-state index contributed by atoms with van der Waals surface area (Å²) >= 11 is 0. The van der Waals surface area contributed by atoms with Gasteiger partial charge in [-0.3, -0.25) is 10.9 Å². The van der Waals surface area contributed by atoms with Crippen molar-refractivity contribution in [3.63, 3.8) is 0 Å². The largest absolute Gasteiger partial charge is 0.494 e. The number of hydrogen-bond acceptors (Lipinski definition) is 12. The van der Waals surface area contributed by atoms with Gasteiger partial charge < -0.3 is 14.2 Å². The number of aryl methyl sites for hydroxylation is 2. The Morgan fingerprint density at radius 3 is 1.92 bits per heavy atom. The molecule has 5 aromatic rings. The number of aromatic nitrogens is 2. The van der Waals surface area contributed by atoms with Gasteiger partial charge in [-0.05, 0) is 105 Å². The molecule has 5 N–H and O–H groups in total. The molecule has 0 saturated carbocycles. The van der Waals surface area contributed by atoms with Gasteiger partial charge >= 0.3 is 12.3 Å². The summed E-state index contributed by atoms with van der Waals surface area (Å²) in [5.74, 6) is 0.482. The fourth-order valence-electron chi connectivity index (χ4n) is 7.77. The summed E-state index contributed by atoms with van der Waals surface area (Å²) in [7, 11) is -4.06. The van der Waals surface area contributed by atoms with E-state index in [1.807, 2.05) is 42.9 Å². The minimum Gasteiger partial charge on any atom is -0.494 e. The third-order valence-corrected chi connectivity index (χ3v) is 12.5. The van der Waals surface area contributed by atoms with Crippen LogP contribution in [0.2, 0.25) is 0 Å². The predicted octanol–water partition coefficient (Wildman–Crippen LogP) is 13.1. The van der Waals surface area contributed by atoms with Crippen molar-refractivity contribution in [2.75, 3.05) is 30.6 Å². The van der Waals surface area contributed by atoms with Crippen LogP contribution >= 0.6 is 0 Å². The molecule has 74 heavy (non-hydrogen) atoms. The molecule has 0 aliphatic rings. The molecular weight excluding hydrogens is 972 g/mol. The van der Waals surface area contributed by atoms with E-state index in [2.05, 4.69) is 57.8 Å². The summed E-state index contributed by atoms with van der Waals surface area (Å²) in [5, 5.41) is 18.9. The summed E-state index contributed by atoms with van der Waals surface area (Å²) in [6, 6.07) is 26.0. The second-order valence-electron chi connectivity index (χ2n) is 18.4. The maximum Gasteiger partial charge on any atom is 0.451 e. The zero-order chi connectivity index (χ0) is 53.8. The molecule has 1 heterocycles. The molecule has 0 unspecified atom stereocenters. The third-order valence-electron chi connectivity index (χ3n) is 11.6. The van der Waals surface area contributed by atoms with Crippen LogP contribution in [0, 0.1) is 42.4 Å². The third kappa shape index (κ3) is 22.2. The second kappa shape index (κ2) is 31.8. The van der Waals surface area contributed by atoms with Gasteiger partial charge in [0.2, 0.25) is 5.82 Å². The van der Waals surface area contributed by atoms with Crippen LogP contribution in [0.4, 0.5) is 29.5 Å². The Kier molecular flexibility index (Phi) is 25.7. The van der Waals surface area contributed by atoms with Gasteiger partial charge in [-0.2, -0.15) is 32.1 Å². The van der Waals surface area contributed by atoms with E-state index in [1.165, 1.54) is 102 Å². The molecule has 0 atom stereocenters. The van der Waals surface area contributed by atoms with E-state index in [0.29, 0.717) is 48.1 Å². The molecule has 0 radical (unpaired) electrons. The average molecular weight is 1040 g/mol. The molecule has 15 nitrogen and oxygen atoms in total. The number of carbonyl (C=O) groups is 1. The van der Waals surface area contributed by atoms with Crippen LogP contribution in [0.3, 0.4) is 0 Å². The number of fused-ring (bicyclic) bond motifs is 1. The number of para-hydroxylation sites is 1. The van der Waals surface area contributed by atoms with Crippen LogP contribution in [0.25, 0.3) is 10.9 Å². The number of unbranched alkanes of at least 4 members (excludes halogenated alkanes) is 13. The minimum atomic E-state index is -4.78. The number of alkyl halides is 3. The fraction of sp³-hybridized carbons (Fsp3) is 0.473. The zero-order valence-electron chi connectivity index (χ0n) is 43.3. The van der Waals surface area contributed by atoms with Gasteiger partial charge in [-0.15, -0.1) is 4.83 Å². The lowest BCUT2D eigenvalue weighted by molar-refractivity contribution is -0.144. The number of nitriles is 2. The van der Waals surface area contributed by atoms with Gasteiger partial charge in [0, 0.05) is 11.9 Å². The van der Waals surface area contributed by atoms with E-state index in [9.17, 15) is 36.9 Å². The Labute approximate surface area is 435 Å². The van der Waals surface area contributed by atoms with Crippen molar-refractivity contribution in [1.29, 1.82) is 10.5 Å². The van der Waals surface area contributed by atoms with Gasteiger partial charge in [0.25, 0.3) is 10.2 Å². The Balaban J connectivity index is 0.000000332. The van der Waals surface area contributed by atoms with Gasteiger partial charge in [-0.1, -0.05) is 134 Å². The van der Waals surface area contributed by atoms with E-state index in [4.69, 9.17) is 14.2 Å². The molecule has 0 aliphatic carbocycles. The smallest absolute Gasteiger partial charge is 0.451 e. The number of nitrogens with zero attached hydrogens (tertiary/aromatic N) is 4. The summed E-state index contributed by atoms with van der Waals surface area (Å²) in [4.78, 5) is 21.2. The number of benzene rings is 4. The van der Waals surface area contributed by atoms with E-state index in [1.54, 1.807) is 42.5 Å². The number of amides is 1. The summed E-state index contributed by atoms with van der Waals surface area (Å²) in [5.41, 5.74) is 11.6. The van der Waals surface area contributed by atoms with E-state index in [-0.39, 0.29) is 35.4 Å². The Morgan fingerprint density at radius 2 is 1.31 bits per heavy atom. The highest BCUT2D eigenvalue weighted by Gasteiger charge is 2.35. The van der Waals surface area contributed by atoms with Crippen molar-refractivity contribution < 1.29 is 40.6 Å². The standard InChI is InChI=1S/C35H50N4O3.C20H22F3N5O3S/c1-4-5-6-7-8-9-10-11-12-13-14-15-16-17-22-41-32-18-20-33(21-19-32)42-35(40)39-38-34-25-31(27-37)30(26-36)24-29(34)23-28(2)3;1-13-8-9-17(14(2)12-13)31-11-5-10-24-32(29,30)28-27-18-15-6-3-4-7-16(15)25-19(26-18)20(21,22)23/h18-21,24-25,28,38H,4-17,22-23H2,1-3H3,(H,39,40);3-4,6-9,12,24,28H,5,10-11H2,1-2H3,(H,25,26,27). The van der Waals surface area contributed by atoms with Gasteiger partial charge in [-0.25, -0.2) is 24.9 Å². The number of anilines is 2.